The van der Waals surface area contributed by atoms with E-state index in [-0.39, 0.29) is 29.6 Å². The number of carbonyl (C=O) groups is 1. The van der Waals surface area contributed by atoms with E-state index in [0.717, 1.165) is 15.6 Å². The number of benzene rings is 2. The van der Waals surface area contributed by atoms with Crippen LogP contribution in [0.3, 0.4) is 0 Å². The number of carbonyl (C=O) groups excluding carboxylic acids is 1. The average Bonchev–Trinajstić information content (AvgIpc) is 2.70. The maximum Gasteiger partial charge on any atom is 0.243 e. The Morgan fingerprint density at radius 2 is 1.79 bits per heavy atom. The van der Waals surface area contributed by atoms with Gasteiger partial charge in [-0.05, 0) is 35.9 Å². The van der Waals surface area contributed by atoms with Gasteiger partial charge in [0, 0.05) is 13.1 Å². The molecule has 0 aliphatic rings. The molecule has 0 aromatic heterocycles. The van der Waals surface area contributed by atoms with Crippen LogP contribution in [0.4, 0.5) is 0 Å². The summed E-state index contributed by atoms with van der Waals surface area (Å²) in [6.07, 6.45) is 0. The van der Waals surface area contributed by atoms with Crippen LogP contribution in [0.25, 0.3) is 0 Å². The molecule has 2 rings (SSSR count). The number of hydrogen-bond donors (Lipinski definition) is 1. The van der Waals surface area contributed by atoms with Crippen molar-refractivity contribution >= 4 is 27.5 Å². The molecule has 1 N–H and O–H groups in total. The van der Waals surface area contributed by atoms with Crippen LogP contribution in [0.2, 0.25) is 5.02 Å². The quantitative estimate of drug-likeness (QED) is 0.666. The van der Waals surface area contributed by atoms with E-state index in [1.54, 1.807) is 26.2 Å². The zero-order valence-electron chi connectivity index (χ0n) is 15.9. The van der Waals surface area contributed by atoms with Gasteiger partial charge in [-0.15, -0.1) is 0 Å². The number of nitrogens with zero attached hydrogens (tertiary/aromatic N) is 1. The maximum atomic E-state index is 12.8. The van der Waals surface area contributed by atoms with Gasteiger partial charge in [0.1, 0.15) is 11.5 Å². The smallest absolute Gasteiger partial charge is 0.243 e. The minimum Gasteiger partial charge on any atom is -0.497 e. The van der Waals surface area contributed by atoms with Crippen LogP contribution in [-0.4, -0.2) is 45.9 Å². The highest BCUT2D eigenvalue weighted by molar-refractivity contribution is 7.89. The number of nitrogens with one attached hydrogen (secondary N) is 1. The van der Waals surface area contributed by atoms with Gasteiger partial charge in [0.05, 0.1) is 30.7 Å². The van der Waals surface area contributed by atoms with Gasteiger partial charge in [0.2, 0.25) is 15.9 Å². The van der Waals surface area contributed by atoms with E-state index >= 15 is 0 Å². The van der Waals surface area contributed by atoms with Gasteiger partial charge in [-0.3, -0.25) is 4.79 Å². The molecule has 0 aliphatic carbocycles. The highest BCUT2D eigenvalue weighted by Gasteiger charge is 2.26. The molecule has 1 amide bonds. The Morgan fingerprint density at radius 3 is 2.32 bits per heavy atom. The zero-order chi connectivity index (χ0) is 20.7. The lowest BCUT2D eigenvalue weighted by Gasteiger charge is -2.20. The van der Waals surface area contributed by atoms with E-state index in [2.05, 4.69) is 5.32 Å². The number of rotatable bonds is 9. The fourth-order valence-corrected chi connectivity index (χ4v) is 4.24. The summed E-state index contributed by atoms with van der Waals surface area (Å²) in [5, 5.41) is 2.91. The molecular weight excluding hydrogens is 404 g/mol. The van der Waals surface area contributed by atoms with Crippen LogP contribution in [0.5, 0.6) is 11.5 Å². The van der Waals surface area contributed by atoms with Gasteiger partial charge in [0.25, 0.3) is 0 Å². The first kappa shape index (κ1) is 22.0. The van der Waals surface area contributed by atoms with Crippen molar-refractivity contribution in [1.29, 1.82) is 0 Å². The largest absolute Gasteiger partial charge is 0.497 e. The second-order valence-electron chi connectivity index (χ2n) is 5.85. The summed E-state index contributed by atoms with van der Waals surface area (Å²) >= 11 is 6.03. The van der Waals surface area contributed by atoms with Gasteiger partial charge in [0.15, 0.2) is 0 Å². The number of hydrogen-bond acceptors (Lipinski definition) is 5. The third-order valence-electron chi connectivity index (χ3n) is 4.08. The summed E-state index contributed by atoms with van der Waals surface area (Å²) in [5.41, 5.74) is 0.877. The third-order valence-corrected chi connectivity index (χ3v) is 6.29. The first-order chi connectivity index (χ1) is 13.3. The van der Waals surface area contributed by atoms with Crippen LogP contribution >= 0.6 is 11.6 Å². The predicted molar refractivity (Wildman–Crippen MR) is 107 cm³/mol. The molecule has 7 nitrogen and oxygen atoms in total. The fourth-order valence-electron chi connectivity index (χ4n) is 2.48. The molecule has 0 bridgehead atoms. The summed E-state index contributed by atoms with van der Waals surface area (Å²) in [7, 11) is -0.848. The number of methoxy groups -OCH3 is 2. The summed E-state index contributed by atoms with van der Waals surface area (Å²) in [6, 6.07) is 11.4. The summed E-state index contributed by atoms with van der Waals surface area (Å²) in [6.45, 7) is 1.80. The first-order valence-electron chi connectivity index (χ1n) is 8.55. The molecule has 28 heavy (non-hydrogen) atoms. The molecule has 0 aliphatic heterocycles. The molecule has 0 radical (unpaired) electrons. The van der Waals surface area contributed by atoms with Gasteiger partial charge < -0.3 is 14.8 Å². The normalized spacial score (nSPS) is 11.3. The van der Waals surface area contributed by atoms with Crippen molar-refractivity contribution in [3.05, 3.63) is 53.1 Å². The summed E-state index contributed by atoms with van der Waals surface area (Å²) in [5.74, 6) is 0.693. The Hall–Kier alpha value is -2.29. The molecule has 0 saturated heterocycles. The van der Waals surface area contributed by atoms with E-state index < -0.39 is 15.9 Å². The lowest BCUT2D eigenvalue weighted by molar-refractivity contribution is -0.121. The number of ether oxygens (including phenoxy) is 2. The van der Waals surface area contributed by atoms with Crippen LogP contribution in [0.15, 0.2) is 47.4 Å². The minimum absolute atomic E-state index is 0.00287. The van der Waals surface area contributed by atoms with Gasteiger partial charge in [-0.2, -0.15) is 4.31 Å². The Balaban J connectivity index is 2.04. The standard InChI is InChI=1S/C19H23ClN2O5S/c1-4-22(28(24,25)16-9-10-18(27-3)17(20)11-16)13-19(23)21-12-14-5-7-15(26-2)8-6-14/h5-11H,4,12-13H2,1-3H3,(H,21,23). The Kier molecular flexibility index (Phi) is 7.68. The van der Waals surface area contributed by atoms with Gasteiger partial charge in [-0.1, -0.05) is 30.7 Å². The van der Waals surface area contributed by atoms with Crippen molar-refractivity contribution in [2.75, 3.05) is 27.3 Å². The van der Waals surface area contributed by atoms with E-state index in [1.165, 1.54) is 25.3 Å². The highest BCUT2D eigenvalue weighted by Crippen LogP contribution is 2.28. The van der Waals surface area contributed by atoms with E-state index in [0.29, 0.717) is 5.75 Å². The molecule has 0 heterocycles. The van der Waals surface area contributed by atoms with Crippen molar-refractivity contribution in [3.63, 3.8) is 0 Å². The van der Waals surface area contributed by atoms with Crippen LogP contribution in [0, 0.1) is 0 Å². The number of halogens is 1. The highest BCUT2D eigenvalue weighted by atomic mass is 35.5. The molecule has 0 saturated carbocycles. The lowest BCUT2D eigenvalue weighted by Crippen LogP contribution is -2.40. The summed E-state index contributed by atoms with van der Waals surface area (Å²) < 4.78 is 36.9. The molecule has 0 atom stereocenters. The Morgan fingerprint density at radius 1 is 1.11 bits per heavy atom. The second kappa shape index (κ2) is 9.77. The third kappa shape index (κ3) is 5.37. The van der Waals surface area contributed by atoms with Crippen molar-refractivity contribution in [2.45, 2.75) is 18.4 Å². The molecule has 0 spiro atoms. The van der Waals surface area contributed by atoms with E-state index in [9.17, 15) is 13.2 Å². The van der Waals surface area contributed by atoms with E-state index in [1.807, 2.05) is 12.1 Å². The Bertz CT molecular complexity index is 916. The first-order valence-corrected chi connectivity index (χ1v) is 10.4. The molecule has 9 heteroatoms. The number of likely N-dealkylation sites (N-methyl/N-ethyl adjacent to an activating group) is 1. The SMILES string of the molecule is CCN(CC(=O)NCc1ccc(OC)cc1)S(=O)(=O)c1ccc(OC)c(Cl)c1. The predicted octanol–water partition coefficient (Wildman–Crippen LogP) is 2.68. The average molecular weight is 427 g/mol. The van der Waals surface area contributed by atoms with Crippen molar-refractivity contribution < 1.29 is 22.7 Å². The topological polar surface area (TPSA) is 84.9 Å². The van der Waals surface area contributed by atoms with Crippen molar-refractivity contribution in [3.8, 4) is 11.5 Å². The molecule has 0 fully saturated rings. The molecule has 152 valence electrons. The Labute approximate surface area is 170 Å². The van der Waals surface area contributed by atoms with Crippen LogP contribution < -0.4 is 14.8 Å². The molecule has 0 unspecified atom stereocenters. The van der Waals surface area contributed by atoms with Crippen LogP contribution in [0.1, 0.15) is 12.5 Å². The van der Waals surface area contributed by atoms with E-state index in [4.69, 9.17) is 21.1 Å². The van der Waals surface area contributed by atoms with Crippen molar-refractivity contribution in [1.82, 2.24) is 9.62 Å². The lowest BCUT2D eigenvalue weighted by atomic mass is 10.2. The summed E-state index contributed by atoms with van der Waals surface area (Å²) in [4.78, 5) is 12.3. The number of amides is 1. The molecule has 2 aromatic carbocycles. The number of sulfonamides is 1. The molecular formula is C19H23ClN2O5S. The van der Waals surface area contributed by atoms with Gasteiger partial charge in [-0.25, -0.2) is 8.42 Å². The monoisotopic (exact) mass is 426 g/mol. The molecule has 2 aromatic rings. The van der Waals surface area contributed by atoms with Crippen molar-refractivity contribution in [2.24, 2.45) is 0 Å². The maximum absolute atomic E-state index is 12.8. The second-order valence-corrected chi connectivity index (χ2v) is 8.20. The minimum atomic E-state index is -3.87. The fraction of sp³-hybridized carbons (Fsp3) is 0.316. The van der Waals surface area contributed by atoms with Crippen LogP contribution in [-0.2, 0) is 21.4 Å². The zero-order valence-corrected chi connectivity index (χ0v) is 17.5. The van der Waals surface area contributed by atoms with Gasteiger partial charge >= 0.3 is 0 Å².